The topological polar surface area (TPSA) is 57.7 Å². The van der Waals surface area contributed by atoms with Crippen LogP contribution in [0.2, 0.25) is 0 Å². The maximum atomic E-state index is 13.5. The van der Waals surface area contributed by atoms with Crippen molar-refractivity contribution >= 4 is 27.3 Å². The predicted octanol–water partition coefficient (Wildman–Crippen LogP) is 4.17. The molecule has 1 aliphatic rings. The van der Waals surface area contributed by atoms with E-state index in [1.165, 1.54) is 4.31 Å². The van der Waals surface area contributed by atoms with E-state index >= 15 is 0 Å². The van der Waals surface area contributed by atoms with Gasteiger partial charge in [0.15, 0.2) is 0 Å². The van der Waals surface area contributed by atoms with E-state index in [1.54, 1.807) is 47.4 Å². The number of para-hydroxylation sites is 2. The number of anilines is 2. The van der Waals surface area contributed by atoms with Crippen molar-refractivity contribution in [2.45, 2.75) is 31.2 Å². The van der Waals surface area contributed by atoms with Crippen molar-refractivity contribution in [3.05, 3.63) is 90.0 Å². The first-order chi connectivity index (χ1) is 14.4. The van der Waals surface area contributed by atoms with Gasteiger partial charge in [0.2, 0.25) is 5.91 Å². The normalized spacial score (nSPS) is 15.7. The summed E-state index contributed by atoms with van der Waals surface area (Å²) in [6.45, 7) is 3.57. The lowest BCUT2D eigenvalue weighted by atomic mass is 10.1. The molecule has 4 rings (SSSR count). The molecule has 1 amide bonds. The lowest BCUT2D eigenvalue weighted by Gasteiger charge is -2.29. The van der Waals surface area contributed by atoms with Crippen molar-refractivity contribution in [3.63, 3.8) is 0 Å². The molecule has 1 atom stereocenters. The zero-order valence-corrected chi connectivity index (χ0v) is 17.8. The second kappa shape index (κ2) is 7.95. The molecule has 3 aromatic rings. The van der Waals surface area contributed by atoms with E-state index in [0.717, 1.165) is 23.2 Å². The molecule has 154 valence electrons. The van der Waals surface area contributed by atoms with E-state index in [2.05, 4.69) is 0 Å². The summed E-state index contributed by atoms with van der Waals surface area (Å²) in [6.07, 6.45) is 0.762. The zero-order valence-electron chi connectivity index (χ0n) is 17.0. The van der Waals surface area contributed by atoms with Crippen molar-refractivity contribution in [2.24, 2.45) is 0 Å². The van der Waals surface area contributed by atoms with Crippen molar-refractivity contribution in [3.8, 4) is 0 Å². The number of nitrogens with zero attached hydrogens (tertiary/aromatic N) is 2. The van der Waals surface area contributed by atoms with Gasteiger partial charge in [-0.3, -0.25) is 9.10 Å². The lowest BCUT2D eigenvalue weighted by molar-refractivity contribution is -0.117. The van der Waals surface area contributed by atoms with Gasteiger partial charge in [0.1, 0.15) is 6.54 Å². The van der Waals surface area contributed by atoms with E-state index < -0.39 is 10.0 Å². The molecule has 30 heavy (non-hydrogen) atoms. The molecule has 0 fully saturated rings. The Balaban J connectivity index is 1.75. The Morgan fingerprint density at radius 3 is 2.33 bits per heavy atom. The van der Waals surface area contributed by atoms with Crippen LogP contribution in [0, 0.1) is 6.92 Å². The predicted molar refractivity (Wildman–Crippen MR) is 119 cm³/mol. The number of rotatable bonds is 5. The van der Waals surface area contributed by atoms with Crippen molar-refractivity contribution in [1.29, 1.82) is 0 Å². The number of carbonyl (C=O) groups is 1. The minimum Gasteiger partial charge on any atom is -0.307 e. The molecule has 3 aromatic carbocycles. The number of benzene rings is 3. The number of aryl methyl sites for hydroxylation is 1. The Kier molecular flexibility index (Phi) is 5.35. The lowest BCUT2D eigenvalue weighted by Crippen LogP contribution is -2.45. The highest BCUT2D eigenvalue weighted by atomic mass is 32.2. The molecule has 0 aromatic heterocycles. The van der Waals surface area contributed by atoms with Gasteiger partial charge in [-0.2, -0.15) is 0 Å². The summed E-state index contributed by atoms with van der Waals surface area (Å²) < 4.78 is 28.3. The highest BCUT2D eigenvalue weighted by Crippen LogP contribution is 2.33. The van der Waals surface area contributed by atoms with E-state index in [0.29, 0.717) is 5.69 Å². The van der Waals surface area contributed by atoms with Gasteiger partial charge in [0.05, 0.1) is 10.6 Å². The zero-order chi connectivity index (χ0) is 21.3. The summed E-state index contributed by atoms with van der Waals surface area (Å²) in [5.74, 6) is -0.241. The molecule has 5 nitrogen and oxygen atoms in total. The van der Waals surface area contributed by atoms with Gasteiger partial charge in [-0.15, -0.1) is 0 Å². The van der Waals surface area contributed by atoms with Crippen LogP contribution in [0.4, 0.5) is 11.4 Å². The quantitative estimate of drug-likeness (QED) is 0.623. The third kappa shape index (κ3) is 3.59. The first kappa shape index (κ1) is 20.2. The van der Waals surface area contributed by atoms with Crippen molar-refractivity contribution in [2.75, 3.05) is 15.7 Å². The fourth-order valence-electron chi connectivity index (χ4n) is 4.01. The summed E-state index contributed by atoms with van der Waals surface area (Å²) in [4.78, 5) is 15.3. The third-order valence-electron chi connectivity index (χ3n) is 5.47. The smallest absolute Gasteiger partial charge is 0.264 e. The fraction of sp³-hybridized carbons (Fsp3) is 0.208. The minimum absolute atomic E-state index is 0.0203. The Labute approximate surface area is 177 Å². The van der Waals surface area contributed by atoms with E-state index in [4.69, 9.17) is 0 Å². The molecule has 1 heterocycles. The maximum Gasteiger partial charge on any atom is 0.264 e. The SMILES string of the molecule is Cc1ccccc1N(CC(=O)N1c2ccccc2CC1C)S(=O)(=O)c1ccccc1. The first-order valence-corrected chi connectivity index (χ1v) is 11.4. The van der Waals surface area contributed by atoms with Crippen LogP contribution in [0.25, 0.3) is 0 Å². The van der Waals surface area contributed by atoms with Crippen LogP contribution in [0.3, 0.4) is 0 Å². The molecule has 0 bridgehead atoms. The van der Waals surface area contributed by atoms with Gasteiger partial charge in [0.25, 0.3) is 10.0 Å². The number of hydrogen-bond donors (Lipinski definition) is 0. The average Bonchev–Trinajstić information content (AvgIpc) is 3.09. The summed E-state index contributed by atoms with van der Waals surface area (Å²) in [5.41, 5.74) is 3.26. The van der Waals surface area contributed by atoms with Crippen LogP contribution in [0.5, 0.6) is 0 Å². The van der Waals surface area contributed by atoms with Crippen LogP contribution in [0.15, 0.2) is 83.8 Å². The number of sulfonamides is 1. The average molecular weight is 421 g/mol. The Hall–Kier alpha value is -3.12. The number of fused-ring (bicyclic) bond motifs is 1. The molecule has 0 spiro atoms. The standard InChI is InChI=1S/C24H24N2O3S/c1-18-10-6-8-14-22(18)25(30(28,29)21-12-4-3-5-13-21)17-24(27)26-19(2)16-20-11-7-9-15-23(20)26/h3-15,19H,16-17H2,1-2H3. The van der Waals surface area contributed by atoms with Gasteiger partial charge in [-0.05, 0) is 55.7 Å². The molecule has 0 aliphatic carbocycles. The molecule has 0 saturated heterocycles. The van der Waals surface area contributed by atoms with E-state index in [-0.39, 0.29) is 23.4 Å². The van der Waals surface area contributed by atoms with Gasteiger partial charge in [-0.25, -0.2) is 8.42 Å². The minimum atomic E-state index is -3.91. The second-order valence-corrected chi connectivity index (χ2v) is 9.42. The molecule has 6 heteroatoms. The first-order valence-electron chi connectivity index (χ1n) is 9.93. The summed E-state index contributed by atoms with van der Waals surface area (Å²) >= 11 is 0. The summed E-state index contributed by atoms with van der Waals surface area (Å²) in [5, 5.41) is 0. The van der Waals surface area contributed by atoms with E-state index in [1.807, 2.05) is 50.2 Å². The highest BCUT2D eigenvalue weighted by Gasteiger charge is 2.35. The monoisotopic (exact) mass is 420 g/mol. The number of carbonyl (C=O) groups excluding carboxylic acids is 1. The third-order valence-corrected chi connectivity index (χ3v) is 7.24. The van der Waals surface area contributed by atoms with E-state index in [9.17, 15) is 13.2 Å². The van der Waals surface area contributed by atoms with Crippen LogP contribution >= 0.6 is 0 Å². The van der Waals surface area contributed by atoms with Gasteiger partial charge >= 0.3 is 0 Å². The molecular weight excluding hydrogens is 396 g/mol. The fourth-order valence-corrected chi connectivity index (χ4v) is 5.51. The van der Waals surface area contributed by atoms with Crippen molar-refractivity contribution in [1.82, 2.24) is 0 Å². The second-order valence-electron chi connectivity index (χ2n) is 7.56. The van der Waals surface area contributed by atoms with Gasteiger partial charge < -0.3 is 4.90 Å². The summed E-state index contributed by atoms with van der Waals surface area (Å²) in [7, 11) is -3.91. The Bertz CT molecular complexity index is 1180. The van der Waals surface area contributed by atoms with Gasteiger partial charge in [0, 0.05) is 11.7 Å². The molecule has 0 radical (unpaired) electrons. The van der Waals surface area contributed by atoms with Crippen LogP contribution in [-0.2, 0) is 21.2 Å². The van der Waals surface area contributed by atoms with Crippen molar-refractivity contribution < 1.29 is 13.2 Å². The largest absolute Gasteiger partial charge is 0.307 e. The number of amides is 1. The maximum absolute atomic E-state index is 13.5. The molecule has 0 N–H and O–H groups in total. The molecule has 0 saturated carbocycles. The number of hydrogen-bond acceptors (Lipinski definition) is 3. The Morgan fingerprint density at radius 1 is 0.967 bits per heavy atom. The molecule has 1 unspecified atom stereocenters. The molecule has 1 aliphatic heterocycles. The molecular formula is C24H24N2O3S. The highest BCUT2D eigenvalue weighted by molar-refractivity contribution is 7.92. The van der Waals surface area contributed by atoms with Crippen LogP contribution < -0.4 is 9.21 Å². The van der Waals surface area contributed by atoms with Crippen LogP contribution in [0.1, 0.15) is 18.1 Å². The van der Waals surface area contributed by atoms with Gasteiger partial charge in [-0.1, -0.05) is 54.6 Å². The summed E-state index contributed by atoms with van der Waals surface area (Å²) in [6, 6.07) is 23.2. The Morgan fingerprint density at radius 2 is 1.60 bits per heavy atom. The van der Waals surface area contributed by atoms with Crippen LogP contribution in [-0.4, -0.2) is 26.9 Å².